The average Bonchev–Trinajstić information content (AvgIpc) is 2.28. The van der Waals surface area contributed by atoms with Gasteiger partial charge in [-0.05, 0) is 12.1 Å². The van der Waals surface area contributed by atoms with E-state index in [1.165, 1.54) is 18.2 Å². The Labute approximate surface area is 111 Å². The molecule has 0 aliphatic heterocycles. The van der Waals surface area contributed by atoms with E-state index in [2.05, 4.69) is 10.1 Å². The highest BCUT2D eigenvalue weighted by molar-refractivity contribution is 5.97. The first kappa shape index (κ1) is 15.8. The minimum absolute atomic E-state index is 0.254. The molecule has 0 aliphatic rings. The predicted octanol–water partition coefficient (Wildman–Crippen LogP) is 1.33. The summed E-state index contributed by atoms with van der Waals surface area (Å²) in [5.74, 6) is -2.84. The summed E-state index contributed by atoms with van der Waals surface area (Å²) < 4.78 is 40.2. The number of benzene rings is 1. The number of rotatable bonds is 5. The standard InChI is InChI=1S/C11H11F3N2O4/c12-11(13,14)20-8-4-2-1-3-7(8)16-10(19)6(15)5-9(17)18/h1-4,6H,5,15H2,(H,16,19)(H,17,18). The number of hydrogen-bond acceptors (Lipinski definition) is 4. The maximum absolute atomic E-state index is 12.2. The molecule has 1 atom stereocenters. The van der Waals surface area contributed by atoms with Crippen LogP contribution in [0.15, 0.2) is 24.3 Å². The Balaban J connectivity index is 2.82. The lowest BCUT2D eigenvalue weighted by atomic mass is 10.2. The van der Waals surface area contributed by atoms with Gasteiger partial charge in [0.2, 0.25) is 5.91 Å². The van der Waals surface area contributed by atoms with Crippen LogP contribution in [0, 0.1) is 0 Å². The van der Waals surface area contributed by atoms with Crippen LogP contribution >= 0.6 is 0 Å². The minimum Gasteiger partial charge on any atom is -0.481 e. The molecule has 0 saturated carbocycles. The van der Waals surface area contributed by atoms with Crippen LogP contribution in [0.4, 0.5) is 18.9 Å². The summed E-state index contributed by atoms with van der Waals surface area (Å²) in [6.45, 7) is 0. The lowest BCUT2D eigenvalue weighted by molar-refractivity contribution is -0.274. The van der Waals surface area contributed by atoms with Crippen molar-refractivity contribution in [1.82, 2.24) is 0 Å². The van der Waals surface area contributed by atoms with E-state index >= 15 is 0 Å². The third-order valence-electron chi connectivity index (χ3n) is 2.10. The van der Waals surface area contributed by atoms with E-state index in [0.29, 0.717) is 0 Å². The zero-order chi connectivity index (χ0) is 15.3. The number of carbonyl (C=O) groups is 2. The zero-order valence-electron chi connectivity index (χ0n) is 9.98. The Bertz CT molecular complexity index is 505. The lowest BCUT2D eigenvalue weighted by Crippen LogP contribution is -2.37. The molecular weight excluding hydrogens is 281 g/mol. The molecule has 9 heteroatoms. The van der Waals surface area contributed by atoms with Crippen LogP contribution in [0.5, 0.6) is 5.75 Å². The third-order valence-corrected chi connectivity index (χ3v) is 2.10. The van der Waals surface area contributed by atoms with E-state index in [1.54, 1.807) is 0 Å². The number of carboxylic acid groups (broad SMARTS) is 1. The van der Waals surface area contributed by atoms with Gasteiger partial charge in [-0.1, -0.05) is 12.1 Å². The van der Waals surface area contributed by atoms with E-state index in [4.69, 9.17) is 10.8 Å². The molecule has 0 aliphatic carbocycles. The predicted molar refractivity (Wildman–Crippen MR) is 62.0 cm³/mol. The molecule has 0 saturated heterocycles. The normalized spacial score (nSPS) is 12.6. The Morgan fingerprint density at radius 3 is 2.50 bits per heavy atom. The van der Waals surface area contributed by atoms with Gasteiger partial charge >= 0.3 is 12.3 Å². The Hall–Kier alpha value is -2.29. The van der Waals surface area contributed by atoms with E-state index in [0.717, 1.165) is 6.07 Å². The quantitative estimate of drug-likeness (QED) is 0.759. The lowest BCUT2D eigenvalue weighted by Gasteiger charge is -2.15. The Morgan fingerprint density at radius 2 is 1.95 bits per heavy atom. The second kappa shape index (κ2) is 6.24. The number of carbonyl (C=O) groups excluding carboxylic acids is 1. The fourth-order valence-electron chi connectivity index (χ4n) is 1.29. The van der Waals surface area contributed by atoms with Gasteiger partial charge in [0, 0.05) is 0 Å². The van der Waals surface area contributed by atoms with Crippen LogP contribution in [-0.4, -0.2) is 29.4 Å². The fourth-order valence-corrected chi connectivity index (χ4v) is 1.29. The maximum Gasteiger partial charge on any atom is 0.573 e. The van der Waals surface area contributed by atoms with E-state index in [9.17, 15) is 22.8 Å². The highest BCUT2D eigenvalue weighted by atomic mass is 19.4. The second-order valence-electron chi connectivity index (χ2n) is 3.74. The fraction of sp³-hybridized carbons (Fsp3) is 0.273. The van der Waals surface area contributed by atoms with Crippen LogP contribution in [0.1, 0.15) is 6.42 Å². The van der Waals surface area contributed by atoms with Crippen molar-refractivity contribution < 1.29 is 32.6 Å². The SMILES string of the molecule is NC(CC(=O)O)C(=O)Nc1ccccc1OC(F)(F)F. The number of carboxylic acids is 1. The number of ether oxygens (including phenoxy) is 1. The molecule has 1 aromatic carbocycles. The van der Waals surface area contributed by atoms with Crippen LogP contribution in [0.25, 0.3) is 0 Å². The maximum atomic E-state index is 12.2. The summed E-state index contributed by atoms with van der Waals surface area (Å²) in [6, 6.07) is 3.46. The average molecular weight is 292 g/mol. The zero-order valence-corrected chi connectivity index (χ0v) is 9.98. The van der Waals surface area contributed by atoms with Crippen LogP contribution in [0.2, 0.25) is 0 Å². The van der Waals surface area contributed by atoms with Crippen molar-refractivity contribution in [2.24, 2.45) is 5.73 Å². The van der Waals surface area contributed by atoms with E-state index < -0.39 is 36.5 Å². The molecule has 0 radical (unpaired) electrons. The van der Waals surface area contributed by atoms with Crippen molar-refractivity contribution in [1.29, 1.82) is 0 Å². The number of nitrogens with two attached hydrogens (primary N) is 1. The molecule has 1 aromatic rings. The van der Waals surface area contributed by atoms with E-state index in [1.807, 2.05) is 0 Å². The minimum atomic E-state index is -4.91. The Morgan fingerprint density at radius 1 is 1.35 bits per heavy atom. The Kier molecular flexibility index (Phi) is 4.92. The molecule has 0 spiro atoms. The van der Waals surface area contributed by atoms with Gasteiger partial charge in [0.25, 0.3) is 0 Å². The van der Waals surface area contributed by atoms with Crippen molar-refractivity contribution in [3.63, 3.8) is 0 Å². The molecule has 0 heterocycles. The van der Waals surface area contributed by atoms with Gasteiger partial charge in [-0.25, -0.2) is 0 Å². The molecule has 0 aromatic heterocycles. The molecule has 0 fully saturated rings. The monoisotopic (exact) mass is 292 g/mol. The van der Waals surface area contributed by atoms with Gasteiger partial charge in [-0.15, -0.1) is 13.2 Å². The first-order chi connectivity index (χ1) is 9.19. The molecule has 6 nitrogen and oxygen atoms in total. The molecule has 0 bridgehead atoms. The number of alkyl halides is 3. The van der Waals surface area contributed by atoms with Crippen molar-refractivity contribution in [3.8, 4) is 5.75 Å². The summed E-state index contributed by atoms with van der Waals surface area (Å²) in [6.07, 6.45) is -5.56. The number of nitrogens with one attached hydrogen (secondary N) is 1. The molecule has 4 N–H and O–H groups in total. The molecule has 110 valence electrons. The van der Waals surface area contributed by atoms with Crippen molar-refractivity contribution in [2.75, 3.05) is 5.32 Å². The molecular formula is C11H11F3N2O4. The molecule has 1 rings (SSSR count). The largest absolute Gasteiger partial charge is 0.573 e. The topological polar surface area (TPSA) is 102 Å². The van der Waals surface area contributed by atoms with Gasteiger partial charge in [-0.3, -0.25) is 9.59 Å². The number of hydrogen-bond donors (Lipinski definition) is 3. The van der Waals surface area contributed by atoms with Crippen LogP contribution in [0.3, 0.4) is 0 Å². The summed E-state index contributed by atoms with van der Waals surface area (Å²) in [7, 11) is 0. The summed E-state index contributed by atoms with van der Waals surface area (Å²) in [5.41, 5.74) is 5.03. The van der Waals surface area contributed by atoms with Crippen LogP contribution in [-0.2, 0) is 9.59 Å². The highest BCUT2D eigenvalue weighted by Gasteiger charge is 2.32. The number of anilines is 1. The number of amides is 1. The van der Waals surface area contributed by atoms with Crippen molar-refractivity contribution >= 4 is 17.6 Å². The van der Waals surface area contributed by atoms with Gasteiger partial charge in [-0.2, -0.15) is 0 Å². The number of aliphatic carboxylic acids is 1. The first-order valence-corrected chi connectivity index (χ1v) is 5.32. The first-order valence-electron chi connectivity index (χ1n) is 5.32. The summed E-state index contributed by atoms with van der Waals surface area (Å²) >= 11 is 0. The summed E-state index contributed by atoms with van der Waals surface area (Å²) in [5, 5.41) is 10.6. The van der Waals surface area contributed by atoms with Crippen molar-refractivity contribution in [2.45, 2.75) is 18.8 Å². The smallest absolute Gasteiger partial charge is 0.481 e. The van der Waals surface area contributed by atoms with Gasteiger partial charge in [0.1, 0.15) is 0 Å². The van der Waals surface area contributed by atoms with Crippen LogP contribution < -0.4 is 15.8 Å². The molecule has 20 heavy (non-hydrogen) atoms. The van der Waals surface area contributed by atoms with Crippen molar-refractivity contribution in [3.05, 3.63) is 24.3 Å². The summed E-state index contributed by atoms with van der Waals surface area (Å²) in [4.78, 5) is 21.9. The van der Waals surface area contributed by atoms with Gasteiger partial charge in [0.15, 0.2) is 5.75 Å². The van der Waals surface area contributed by atoms with Gasteiger partial charge in [0.05, 0.1) is 18.2 Å². The van der Waals surface area contributed by atoms with Gasteiger partial charge < -0.3 is 20.9 Å². The molecule has 1 amide bonds. The highest BCUT2D eigenvalue weighted by Crippen LogP contribution is 2.29. The second-order valence-corrected chi connectivity index (χ2v) is 3.74. The third kappa shape index (κ3) is 5.14. The number of para-hydroxylation sites is 2. The van der Waals surface area contributed by atoms with E-state index in [-0.39, 0.29) is 5.69 Å². The number of halogens is 3. The molecule has 1 unspecified atom stereocenters.